The van der Waals surface area contributed by atoms with Gasteiger partial charge in [0.05, 0.1) is 13.7 Å². The summed E-state index contributed by atoms with van der Waals surface area (Å²) in [6, 6.07) is 14.5. The van der Waals surface area contributed by atoms with E-state index in [2.05, 4.69) is 0 Å². The molecule has 0 fully saturated rings. The van der Waals surface area contributed by atoms with Crippen molar-refractivity contribution in [2.75, 3.05) is 13.7 Å². The summed E-state index contributed by atoms with van der Waals surface area (Å²) in [5.74, 6) is -1.93. The summed E-state index contributed by atoms with van der Waals surface area (Å²) < 4.78 is 9.69. The first-order valence-electron chi connectivity index (χ1n) is 10.2. The molecule has 0 heterocycles. The molecule has 0 aromatic heterocycles. The molecule has 0 N–H and O–H groups in total. The van der Waals surface area contributed by atoms with E-state index < -0.39 is 17.5 Å². The van der Waals surface area contributed by atoms with E-state index in [1.54, 1.807) is 19.1 Å². The first kappa shape index (κ1) is 22.2. The maximum absolute atomic E-state index is 13.0. The van der Waals surface area contributed by atoms with E-state index in [1.807, 2.05) is 36.4 Å². The van der Waals surface area contributed by atoms with Gasteiger partial charge in [0.2, 0.25) is 11.6 Å². The summed E-state index contributed by atoms with van der Waals surface area (Å²) in [5.41, 5.74) is 3.55. The molecule has 6 nitrogen and oxygen atoms in total. The maximum Gasteiger partial charge on any atom is 0.306 e. The number of esters is 2. The highest BCUT2D eigenvalue weighted by Crippen LogP contribution is 2.37. The fourth-order valence-corrected chi connectivity index (χ4v) is 3.67. The van der Waals surface area contributed by atoms with Crippen LogP contribution in [0.2, 0.25) is 0 Å². The van der Waals surface area contributed by atoms with Crippen LogP contribution in [0.25, 0.3) is 5.57 Å². The number of fused-ring (bicyclic) bond motifs is 1. The van der Waals surface area contributed by atoms with Crippen molar-refractivity contribution in [3.8, 4) is 0 Å². The number of benzene rings is 2. The van der Waals surface area contributed by atoms with Gasteiger partial charge in [-0.1, -0.05) is 48.5 Å². The van der Waals surface area contributed by atoms with E-state index in [9.17, 15) is 19.2 Å². The van der Waals surface area contributed by atoms with Crippen molar-refractivity contribution in [2.24, 2.45) is 0 Å². The maximum atomic E-state index is 13.0. The van der Waals surface area contributed by atoms with Crippen molar-refractivity contribution < 1.29 is 28.7 Å². The third-order valence-electron chi connectivity index (χ3n) is 5.17. The number of ether oxygens (including phenoxy) is 2. The molecular formula is C25H24O6. The van der Waals surface area contributed by atoms with Crippen molar-refractivity contribution in [3.05, 3.63) is 76.4 Å². The molecule has 3 rings (SSSR count). The van der Waals surface area contributed by atoms with Gasteiger partial charge in [-0.15, -0.1) is 0 Å². The second kappa shape index (κ2) is 9.98. The van der Waals surface area contributed by atoms with E-state index >= 15 is 0 Å². The molecule has 31 heavy (non-hydrogen) atoms. The van der Waals surface area contributed by atoms with Gasteiger partial charge < -0.3 is 9.47 Å². The fraction of sp³-hybridized carbons (Fsp3) is 0.280. The summed E-state index contributed by atoms with van der Waals surface area (Å²) in [6.07, 6.45) is 0.778. The second-order valence-corrected chi connectivity index (χ2v) is 7.14. The van der Waals surface area contributed by atoms with E-state index in [0.717, 1.165) is 11.1 Å². The highest BCUT2D eigenvalue weighted by Gasteiger charge is 2.33. The number of rotatable bonds is 8. The van der Waals surface area contributed by atoms with Crippen molar-refractivity contribution in [1.82, 2.24) is 0 Å². The van der Waals surface area contributed by atoms with Crippen molar-refractivity contribution >= 4 is 29.1 Å². The minimum Gasteiger partial charge on any atom is -0.469 e. The summed E-state index contributed by atoms with van der Waals surface area (Å²) in [4.78, 5) is 49.2. The monoisotopic (exact) mass is 420 g/mol. The van der Waals surface area contributed by atoms with Crippen molar-refractivity contribution in [1.29, 1.82) is 0 Å². The molecule has 6 heteroatoms. The Morgan fingerprint density at radius 2 is 1.55 bits per heavy atom. The molecule has 1 aliphatic rings. The Hall–Kier alpha value is -3.54. The quantitative estimate of drug-likeness (QED) is 0.478. The highest BCUT2D eigenvalue weighted by molar-refractivity contribution is 6.52. The van der Waals surface area contributed by atoms with Gasteiger partial charge in [0, 0.05) is 24.0 Å². The van der Waals surface area contributed by atoms with E-state index in [-0.39, 0.29) is 31.8 Å². The van der Waals surface area contributed by atoms with Crippen LogP contribution >= 0.6 is 0 Å². The van der Waals surface area contributed by atoms with Crippen LogP contribution in [0.15, 0.2) is 54.1 Å². The molecule has 0 unspecified atom stereocenters. The number of ketones is 2. The standard InChI is InChI=1S/C25H24O6/c1-3-31-22(27)14-12-19-23(17-7-5-4-6-8-17)20-15-16(10-13-21(26)30-2)9-11-18(20)24(28)25(19)29/h4-9,11,15H,3,10,12-14H2,1-2H3. The average molecular weight is 420 g/mol. The lowest BCUT2D eigenvalue weighted by Crippen LogP contribution is -2.25. The molecule has 0 saturated heterocycles. The topological polar surface area (TPSA) is 86.7 Å². The van der Waals surface area contributed by atoms with E-state index in [0.29, 0.717) is 28.7 Å². The molecule has 2 aromatic carbocycles. The van der Waals surface area contributed by atoms with E-state index in [1.165, 1.54) is 7.11 Å². The molecule has 0 atom stereocenters. The Morgan fingerprint density at radius 3 is 2.23 bits per heavy atom. The van der Waals surface area contributed by atoms with Crippen LogP contribution in [0.3, 0.4) is 0 Å². The Kier molecular flexibility index (Phi) is 7.13. The minimum absolute atomic E-state index is 0.00981. The van der Waals surface area contributed by atoms with Crippen molar-refractivity contribution in [2.45, 2.75) is 32.6 Å². The zero-order chi connectivity index (χ0) is 22.4. The van der Waals surface area contributed by atoms with Gasteiger partial charge in [-0.3, -0.25) is 19.2 Å². The number of methoxy groups -OCH3 is 1. The summed E-state index contributed by atoms with van der Waals surface area (Å²) >= 11 is 0. The summed E-state index contributed by atoms with van der Waals surface area (Å²) in [6.45, 7) is 1.97. The number of carbonyl (C=O) groups excluding carboxylic acids is 4. The highest BCUT2D eigenvalue weighted by atomic mass is 16.5. The molecular weight excluding hydrogens is 396 g/mol. The summed E-state index contributed by atoms with van der Waals surface area (Å²) in [7, 11) is 1.34. The Bertz CT molecular complexity index is 1050. The predicted molar refractivity (Wildman–Crippen MR) is 114 cm³/mol. The normalized spacial score (nSPS) is 13.1. The van der Waals surface area contributed by atoms with Crippen LogP contribution in [0.4, 0.5) is 0 Å². The Morgan fingerprint density at radius 1 is 0.839 bits per heavy atom. The van der Waals surface area contributed by atoms with Gasteiger partial charge in [0.25, 0.3) is 0 Å². The zero-order valence-corrected chi connectivity index (χ0v) is 17.6. The average Bonchev–Trinajstić information content (AvgIpc) is 2.79. The molecule has 0 spiro atoms. The van der Waals surface area contributed by atoms with Crippen LogP contribution in [-0.2, 0) is 30.3 Å². The van der Waals surface area contributed by atoms with Crippen molar-refractivity contribution in [3.63, 3.8) is 0 Å². The molecule has 0 radical (unpaired) electrons. The SMILES string of the molecule is CCOC(=O)CCC1=C(c2ccccc2)c2cc(CCC(=O)OC)ccc2C(=O)C1=O. The van der Waals surface area contributed by atoms with Crippen LogP contribution < -0.4 is 0 Å². The van der Waals surface area contributed by atoms with Gasteiger partial charge in [-0.25, -0.2) is 0 Å². The fourth-order valence-electron chi connectivity index (χ4n) is 3.67. The van der Waals surface area contributed by atoms with Crippen LogP contribution in [0.1, 0.15) is 53.2 Å². The third kappa shape index (κ3) is 4.97. The lowest BCUT2D eigenvalue weighted by molar-refractivity contribution is -0.143. The van der Waals surface area contributed by atoms with Crippen LogP contribution in [0, 0.1) is 0 Å². The van der Waals surface area contributed by atoms with Gasteiger partial charge >= 0.3 is 11.9 Å². The summed E-state index contributed by atoms with van der Waals surface area (Å²) in [5, 5.41) is 0. The molecule has 160 valence electrons. The first-order chi connectivity index (χ1) is 15.0. The molecule has 0 aliphatic heterocycles. The van der Waals surface area contributed by atoms with Crippen LogP contribution in [-0.4, -0.2) is 37.2 Å². The molecule has 0 bridgehead atoms. The third-order valence-corrected chi connectivity index (χ3v) is 5.17. The lowest BCUT2D eigenvalue weighted by Gasteiger charge is -2.23. The molecule has 0 amide bonds. The lowest BCUT2D eigenvalue weighted by atomic mass is 9.78. The number of hydrogen-bond acceptors (Lipinski definition) is 6. The van der Waals surface area contributed by atoms with Gasteiger partial charge in [0.1, 0.15) is 0 Å². The zero-order valence-electron chi connectivity index (χ0n) is 17.6. The first-order valence-corrected chi connectivity index (χ1v) is 10.2. The van der Waals surface area contributed by atoms with E-state index in [4.69, 9.17) is 9.47 Å². The predicted octanol–water partition coefficient (Wildman–Crippen LogP) is 3.70. The number of allylic oxidation sites excluding steroid dienone is 1. The number of hydrogen-bond donors (Lipinski definition) is 0. The number of carbonyl (C=O) groups is 4. The molecule has 2 aromatic rings. The Labute approximate surface area is 180 Å². The number of aryl methyl sites for hydroxylation is 1. The van der Waals surface area contributed by atoms with Gasteiger partial charge in [-0.05, 0) is 42.0 Å². The minimum atomic E-state index is -0.599. The van der Waals surface area contributed by atoms with Gasteiger partial charge in [-0.2, -0.15) is 0 Å². The smallest absolute Gasteiger partial charge is 0.306 e. The second-order valence-electron chi connectivity index (χ2n) is 7.14. The molecule has 0 saturated carbocycles. The molecule has 1 aliphatic carbocycles. The van der Waals surface area contributed by atoms with Gasteiger partial charge in [0.15, 0.2) is 0 Å². The number of Topliss-reactive ketones (excluding diaryl/α,β-unsaturated/α-hetero) is 2. The Balaban J connectivity index is 2.09. The largest absolute Gasteiger partial charge is 0.469 e. The van der Waals surface area contributed by atoms with Crippen LogP contribution in [0.5, 0.6) is 0 Å².